The van der Waals surface area contributed by atoms with Crippen molar-refractivity contribution in [2.45, 2.75) is 39.5 Å². The van der Waals surface area contributed by atoms with E-state index in [9.17, 15) is 14.7 Å². The van der Waals surface area contributed by atoms with E-state index in [0.29, 0.717) is 52.4 Å². The number of aliphatic hydroxyl groups excluding tert-OH is 1. The fraction of sp³-hybridized carbons (Fsp3) is 0.520. The van der Waals surface area contributed by atoms with Gasteiger partial charge in [-0.1, -0.05) is 56.2 Å². The number of carbonyl (C=O) groups is 1. The Bertz CT molecular complexity index is 1190. The Labute approximate surface area is 215 Å². The SMILES string of the molecule is CCCCCCN1C(=O)/C(=C/c2c(N3CCN(CCO)CC3)nc3c(C)cccn3c2=O)SC1=S. The van der Waals surface area contributed by atoms with Crippen molar-refractivity contribution >= 4 is 51.7 Å². The highest BCUT2D eigenvalue weighted by atomic mass is 32.2. The summed E-state index contributed by atoms with van der Waals surface area (Å²) in [7, 11) is 0. The smallest absolute Gasteiger partial charge is 0.267 e. The Morgan fingerprint density at radius 2 is 1.91 bits per heavy atom. The summed E-state index contributed by atoms with van der Waals surface area (Å²) >= 11 is 6.76. The number of pyridine rings is 1. The van der Waals surface area contributed by atoms with Gasteiger partial charge in [-0.25, -0.2) is 4.98 Å². The van der Waals surface area contributed by atoms with Gasteiger partial charge in [-0.15, -0.1) is 0 Å². The third kappa shape index (κ3) is 5.61. The van der Waals surface area contributed by atoms with Gasteiger partial charge in [-0.05, 0) is 31.1 Å². The van der Waals surface area contributed by atoms with E-state index in [0.717, 1.165) is 44.3 Å². The number of nitrogens with zero attached hydrogens (tertiary/aromatic N) is 5. The Balaban J connectivity index is 1.70. The lowest BCUT2D eigenvalue weighted by Gasteiger charge is -2.35. The number of aliphatic hydroxyl groups is 1. The molecule has 0 spiro atoms. The summed E-state index contributed by atoms with van der Waals surface area (Å²) in [5.41, 5.74) is 1.75. The highest BCUT2D eigenvalue weighted by Gasteiger charge is 2.33. The van der Waals surface area contributed by atoms with E-state index < -0.39 is 0 Å². The van der Waals surface area contributed by atoms with E-state index in [4.69, 9.17) is 17.2 Å². The van der Waals surface area contributed by atoms with Crippen molar-refractivity contribution in [2.75, 3.05) is 50.8 Å². The summed E-state index contributed by atoms with van der Waals surface area (Å²) in [4.78, 5) is 38.2. The van der Waals surface area contributed by atoms with Crippen molar-refractivity contribution in [1.29, 1.82) is 0 Å². The number of piperazine rings is 1. The van der Waals surface area contributed by atoms with E-state index in [2.05, 4.69) is 16.7 Å². The first-order valence-corrected chi connectivity index (χ1v) is 13.5. The minimum atomic E-state index is -0.195. The minimum absolute atomic E-state index is 0.125. The minimum Gasteiger partial charge on any atom is -0.395 e. The van der Waals surface area contributed by atoms with Crippen molar-refractivity contribution in [3.8, 4) is 0 Å². The van der Waals surface area contributed by atoms with Crippen LogP contribution in [0.3, 0.4) is 0 Å². The topological polar surface area (TPSA) is 81.4 Å². The maximum atomic E-state index is 13.7. The predicted molar refractivity (Wildman–Crippen MR) is 146 cm³/mol. The number of amides is 1. The normalized spacial score (nSPS) is 18.4. The number of hydrogen-bond acceptors (Lipinski definition) is 8. The zero-order valence-corrected chi connectivity index (χ0v) is 22.0. The van der Waals surface area contributed by atoms with Crippen LogP contribution >= 0.6 is 24.0 Å². The number of anilines is 1. The highest BCUT2D eigenvalue weighted by Crippen LogP contribution is 2.34. The summed E-state index contributed by atoms with van der Waals surface area (Å²) < 4.78 is 2.10. The second-order valence-corrected chi connectivity index (χ2v) is 10.7. The standard InChI is InChI=1S/C25H33N5O3S2/c1-3-4-5-6-9-30-24(33)20(35-25(30)34)17-19-22(28-13-11-27(12-14-28)15-16-31)26-21-18(2)8-7-10-29(21)23(19)32/h7-8,10,17,31H,3-6,9,11-16H2,1-2H3/b20-17-. The van der Waals surface area contributed by atoms with Crippen molar-refractivity contribution in [1.82, 2.24) is 19.2 Å². The molecule has 2 aromatic rings. The van der Waals surface area contributed by atoms with Gasteiger partial charge >= 0.3 is 0 Å². The number of rotatable bonds is 9. The molecule has 0 aliphatic carbocycles. The van der Waals surface area contributed by atoms with Crippen molar-refractivity contribution < 1.29 is 9.90 Å². The number of carbonyl (C=O) groups excluding carboxylic acids is 1. The molecule has 2 saturated heterocycles. The Morgan fingerprint density at radius 3 is 2.63 bits per heavy atom. The molecule has 0 saturated carbocycles. The third-order valence-electron chi connectivity index (χ3n) is 6.54. The van der Waals surface area contributed by atoms with Gasteiger partial charge in [0.1, 0.15) is 15.8 Å². The Kier molecular flexibility index (Phi) is 8.59. The summed E-state index contributed by atoms with van der Waals surface area (Å²) in [6.07, 6.45) is 7.65. The van der Waals surface area contributed by atoms with Crippen LogP contribution in [-0.2, 0) is 4.79 Å². The molecule has 0 bridgehead atoms. The second-order valence-electron chi connectivity index (χ2n) is 8.99. The van der Waals surface area contributed by atoms with E-state index in [1.165, 1.54) is 11.8 Å². The molecule has 4 rings (SSSR count). The molecule has 1 amide bonds. The zero-order chi connectivity index (χ0) is 24.9. The summed E-state index contributed by atoms with van der Waals surface area (Å²) in [5, 5.41) is 9.27. The third-order valence-corrected chi connectivity index (χ3v) is 7.91. The fourth-order valence-electron chi connectivity index (χ4n) is 4.51. The molecule has 0 unspecified atom stereocenters. The van der Waals surface area contributed by atoms with Gasteiger partial charge < -0.3 is 10.0 Å². The monoisotopic (exact) mass is 515 g/mol. The van der Waals surface area contributed by atoms with Crippen LogP contribution in [-0.4, -0.2) is 80.4 Å². The van der Waals surface area contributed by atoms with Gasteiger partial charge in [0, 0.05) is 45.5 Å². The number of hydrogen-bond donors (Lipinski definition) is 1. The number of β-amino-alcohol motifs (C(OH)–C–C–N with tert-alkyl or cyclic N) is 1. The van der Waals surface area contributed by atoms with E-state index in [-0.39, 0.29) is 18.1 Å². The molecule has 2 fully saturated rings. The van der Waals surface area contributed by atoms with Crippen LogP contribution in [0.5, 0.6) is 0 Å². The molecule has 4 heterocycles. The lowest BCUT2D eigenvalue weighted by Crippen LogP contribution is -2.48. The van der Waals surface area contributed by atoms with Crippen LogP contribution < -0.4 is 10.5 Å². The molecule has 188 valence electrons. The zero-order valence-electron chi connectivity index (χ0n) is 20.4. The first-order valence-electron chi connectivity index (χ1n) is 12.3. The molecule has 10 heteroatoms. The number of fused-ring (bicyclic) bond motifs is 1. The molecule has 0 atom stereocenters. The molecular formula is C25H33N5O3S2. The average Bonchev–Trinajstić information content (AvgIpc) is 3.12. The van der Waals surface area contributed by atoms with Gasteiger partial charge in [0.05, 0.1) is 17.1 Å². The van der Waals surface area contributed by atoms with E-state index in [1.807, 2.05) is 19.1 Å². The maximum absolute atomic E-state index is 13.7. The van der Waals surface area contributed by atoms with Gasteiger partial charge in [0.25, 0.3) is 11.5 Å². The molecule has 2 aliphatic heterocycles. The van der Waals surface area contributed by atoms with Crippen molar-refractivity contribution in [3.63, 3.8) is 0 Å². The second kappa shape index (κ2) is 11.6. The predicted octanol–water partition coefficient (Wildman–Crippen LogP) is 2.90. The number of thiocarbonyl (C=S) groups is 1. The van der Waals surface area contributed by atoms with Crippen LogP contribution in [0.4, 0.5) is 5.82 Å². The first-order chi connectivity index (χ1) is 16.9. The summed E-state index contributed by atoms with van der Waals surface area (Å²) in [5.74, 6) is 0.463. The molecule has 8 nitrogen and oxygen atoms in total. The molecule has 0 radical (unpaired) electrons. The van der Waals surface area contributed by atoms with Gasteiger partial charge in [-0.3, -0.25) is 23.8 Å². The number of aryl methyl sites for hydroxylation is 1. The van der Waals surface area contributed by atoms with E-state index in [1.54, 1.807) is 21.6 Å². The Morgan fingerprint density at radius 1 is 1.14 bits per heavy atom. The number of unbranched alkanes of at least 4 members (excludes halogenated alkanes) is 3. The lowest BCUT2D eigenvalue weighted by molar-refractivity contribution is -0.122. The van der Waals surface area contributed by atoms with Gasteiger partial charge in [0.15, 0.2) is 0 Å². The van der Waals surface area contributed by atoms with Gasteiger partial charge in [0.2, 0.25) is 0 Å². The first kappa shape index (κ1) is 25.8. The molecule has 35 heavy (non-hydrogen) atoms. The molecule has 0 aromatic carbocycles. The maximum Gasteiger partial charge on any atom is 0.267 e. The van der Waals surface area contributed by atoms with Gasteiger partial charge in [-0.2, -0.15) is 0 Å². The summed E-state index contributed by atoms with van der Waals surface area (Å²) in [6.45, 7) is 8.38. The molecule has 1 N–H and O–H groups in total. The van der Waals surface area contributed by atoms with Crippen LogP contribution in [0.25, 0.3) is 11.7 Å². The van der Waals surface area contributed by atoms with Crippen LogP contribution in [0, 0.1) is 6.92 Å². The Hall–Kier alpha value is -2.27. The summed E-state index contributed by atoms with van der Waals surface area (Å²) in [6, 6.07) is 3.77. The average molecular weight is 516 g/mol. The molecule has 2 aliphatic rings. The van der Waals surface area contributed by atoms with Crippen LogP contribution in [0.15, 0.2) is 28.0 Å². The molecular weight excluding hydrogens is 482 g/mol. The quantitative estimate of drug-likeness (QED) is 0.310. The van der Waals surface area contributed by atoms with Crippen LogP contribution in [0.1, 0.15) is 43.7 Å². The number of aromatic nitrogens is 2. The number of thioether (sulfide) groups is 1. The van der Waals surface area contributed by atoms with Crippen LogP contribution in [0.2, 0.25) is 0 Å². The van der Waals surface area contributed by atoms with E-state index >= 15 is 0 Å². The molecule has 2 aromatic heterocycles. The van der Waals surface area contributed by atoms with Crippen molar-refractivity contribution in [3.05, 3.63) is 44.7 Å². The van der Waals surface area contributed by atoms with Crippen molar-refractivity contribution in [2.24, 2.45) is 0 Å². The largest absolute Gasteiger partial charge is 0.395 e. The fourth-order valence-corrected chi connectivity index (χ4v) is 5.80. The highest BCUT2D eigenvalue weighted by molar-refractivity contribution is 8.26. The lowest BCUT2D eigenvalue weighted by atomic mass is 10.2.